The van der Waals surface area contributed by atoms with Crippen LogP contribution in [0.3, 0.4) is 0 Å². The van der Waals surface area contributed by atoms with Gasteiger partial charge in [-0.05, 0) is 32.1 Å². The second-order valence-electron chi connectivity index (χ2n) is 3.34. The predicted molar refractivity (Wildman–Crippen MR) is 64.8 cm³/mol. The lowest BCUT2D eigenvalue weighted by Crippen LogP contribution is -1.93. The van der Waals surface area contributed by atoms with E-state index in [1.807, 2.05) is 19.9 Å². The molecule has 0 atom stereocenters. The first-order valence-corrected chi connectivity index (χ1v) is 6.11. The van der Waals surface area contributed by atoms with Gasteiger partial charge in [0.2, 0.25) is 4.77 Å². The molecule has 2 heterocycles. The Labute approximate surface area is 102 Å². The number of aromatic amines is 2. The number of thioether (sulfide) groups is 1. The Hall–Kier alpha value is -1.21. The summed E-state index contributed by atoms with van der Waals surface area (Å²) in [5.74, 6) is 1.48. The smallest absolute Gasteiger partial charge is 0.213 e. The summed E-state index contributed by atoms with van der Waals surface area (Å²) in [4.78, 5) is 12.8. The van der Waals surface area contributed by atoms with Gasteiger partial charge in [-0.15, -0.1) is 0 Å². The van der Waals surface area contributed by atoms with Crippen molar-refractivity contribution in [3.05, 3.63) is 28.0 Å². The Morgan fingerprint density at radius 3 is 2.44 bits per heavy atom. The van der Waals surface area contributed by atoms with Gasteiger partial charge in [-0.2, -0.15) is 0 Å². The summed E-state index contributed by atoms with van der Waals surface area (Å²) in [6.45, 7) is 3.92. The topological polar surface area (TPSA) is 70.2 Å². The van der Waals surface area contributed by atoms with Gasteiger partial charge < -0.3 is 0 Å². The Kier molecular flexibility index (Phi) is 3.35. The van der Waals surface area contributed by atoms with Crippen LogP contribution in [-0.2, 0) is 5.75 Å². The van der Waals surface area contributed by atoms with Gasteiger partial charge in [0.25, 0.3) is 0 Å². The Morgan fingerprint density at radius 1 is 1.19 bits per heavy atom. The van der Waals surface area contributed by atoms with Crippen molar-refractivity contribution in [3.63, 3.8) is 0 Å². The molecule has 2 aromatic rings. The summed E-state index contributed by atoms with van der Waals surface area (Å²) < 4.78 is 0.469. The highest BCUT2D eigenvalue weighted by molar-refractivity contribution is 7.98. The molecule has 0 aliphatic heterocycles. The number of aromatic nitrogens is 5. The lowest BCUT2D eigenvalue weighted by molar-refractivity contribution is 0.899. The number of rotatable bonds is 3. The Balaban J connectivity index is 2.07. The molecule has 5 nitrogen and oxygen atoms in total. The maximum atomic E-state index is 4.87. The Bertz CT molecular complexity index is 525. The highest BCUT2D eigenvalue weighted by Crippen LogP contribution is 2.17. The van der Waals surface area contributed by atoms with E-state index in [0.29, 0.717) is 10.5 Å². The van der Waals surface area contributed by atoms with Gasteiger partial charge in [-0.3, -0.25) is 10.2 Å². The second-order valence-corrected chi connectivity index (χ2v) is 4.66. The minimum Gasteiger partial charge on any atom is -0.285 e. The molecule has 0 aliphatic rings. The normalized spacial score (nSPS) is 10.6. The van der Waals surface area contributed by atoms with E-state index < -0.39 is 0 Å². The molecular weight excluding hydrogens is 242 g/mol. The van der Waals surface area contributed by atoms with Gasteiger partial charge in [0.15, 0.2) is 5.16 Å². The summed E-state index contributed by atoms with van der Waals surface area (Å²) >= 11 is 6.40. The predicted octanol–water partition coefficient (Wildman–Crippen LogP) is 2.17. The van der Waals surface area contributed by atoms with Crippen LogP contribution in [0.5, 0.6) is 0 Å². The summed E-state index contributed by atoms with van der Waals surface area (Å²) in [6, 6.07) is 1.95. The molecule has 84 valence electrons. The first kappa shape index (κ1) is 11.3. The van der Waals surface area contributed by atoms with E-state index in [-0.39, 0.29) is 0 Å². The fourth-order valence-corrected chi connectivity index (χ4v) is 2.24. The average molecular weight is 253 g/mol. The molecule has 0 saturated heterocycles. The first-order valence-electron chi connectivity index (χ1n) is 4.72. The summed E-state index contributed by atoms with van der Waals surface area (Å²) in [6.07, 6.45) is 0. The minimum absolute atomic E-state index is 0.469. The molecule has 0 amide bonds. The lowest BCUT2D eigenvalue weighted by Gasteiger charge is -2.00. The minimum atomic E-state index is 0.469. The van der Waals surface area contributed by atoms with Crippen molar-refractivity contribution in [3.8, 4) is 0 Å². The van der Waals surface area contributed by atoms with Crippen LogP contribution >= 0.6 is 24.0 Å². The molecular formula is C9H11N5S2. The first-order chi connectivity index (χ1) is 7.63. The fraction of sp³-hybridized carbons (Fsp3) is 0.333. The molecule has 16 heavy (non-hydrogen) atoms. The van der Waals surface area contributed by atoms with Crippen molar-refractivity contribution in [2.45, 2.75) is 24.8 Å². The van der Waals surface area contributed by atoms with Gasteiger partial charge in [0, 0.05) is 11.4 Å². The van der Waals surface area contributed by atoms with E-state index in [0.717, 1.165) is 22.4 Å². The van der Waals surface area contributed by atoms with Gasteiger partial charge in [-0.1, -0.05) is 11.8 Å². The highest BCUT2D eigenvalue weighted by atomic mass is 32.2. The zero-order valence-corrected chi connectivity index (χ0v) is 10.6. The van der Waals surface area contributed by atoms with Crippen molar-refractivity contribution < 1.29 is 0 Å². The van der Waals surface area contributed by atoms with Gasteiger partial charge >= 0.3 is 0 Å². The molecule has 2 rings (SSSR count). The van der Waals surface area contributed by atoms with Crippen molar-refractivity contribution >= 4 is 24.0 Å². The quantitative estimate of drug-likeness (QED) is 0.498. The standard InChI is InChI=1S/C9H11N5S2/c1-5-3-6(2)11-9(10-5)16-4-7-12-8(15)14-13-7/h3H,4H2,1-2H3,(H2,12,13,14,15). The fourth-order valence-electron chi connectivity index (χ4n) is 1.26. The molecule has 2 N–H and O–H groups in total. The third kappa shape index (κ3) is 2.89. The number of nitrogens with zero attached hydrogens (tertiary/aromatic N) is 3. The van der Waals surface area contributed by atoms with Crippen LogP contribution in [-0.4, -0.2) is 25.1 Å². The largest absolute Gasteiger partial charge is 0.285 e. The van der Waals surface area contributed by atoms with Gasteiger partial charge in [0.05, 0.1) is 5.75 Å². The van der Waals surface area contributed by atoms with E-state index in [4.69, 9.17) is 12.2 Å². The molecule has 0 fully saturated rings. The zero-order valence-electron chi connectivity index (χ0n) is 8.94. The summed E-state index contributed by atoms with van der Waals surface area (Å²) in [7, 11) is 0. The van der Waals surface area contributed by atoms with E-state index in [1.54, 1.807) is 0 Å². The maximum Gasteiger partial charge on any atom is 0.213 e. The third-order valence-electron chi connectivity index (χ3n) is 1.85. The van der Waals surface area contributed by atoms with Crippen LogP contribution in [0.1, 0.15) is 17.2 Å². The molecule has 2 aromatic heterocycles. The van der Waals surface area contributed by atoms with Crippen LogP contribution in [0.15, 0.2) is 11.2 Å². The molecule has 0 unspecified atom stereocenters. The van der Waals surface area contributed by atoms with Crippen LogP contribution < -0.4 is 0 Å². The van der Waals surface area contributed by atoms with E-state index in [9.17, 15) is 0 Å². The van der Waals surface area contributed by atoms with Gasteiger partial charge in [0.1, 0.15) is 5.82 Å². The van der Waals surface area contributed by atoms with Crippen LogP contribution in [0.4, 0.5) is 0 Å². The Morgan fingerprint density at radius 2 is 1.88 bits per heavy atom. The van der Waals surface area contributed by atoms with Crippen molar-refractivity contribution in [2.75, 3.05) is 0 Å². The molecule has 0 aromatic carbocycles. The zero-order chi connectivity index (χ0) is 11.5. The van der Waals surface area contributed by atoms with E-state index in [2.05, 4.69) is 25.1 Å². The van der Waals surface area contributed by atoms with Crippen molar-refractivity contribution in [2.24, 2.45) is 0 Å². The van der Waals surface area contributed by atoms with E-state index >= 15 is 0 Å². The van der Waals surface area contributed by atoms with Gasteiger partial charge in [-0.25, -0.2) is 15.0 Å². The number of H-pyrrole nitrogens is 2. The lowest BCUT2D eigenvalue weighted by atomic mass is 10.4. The van der Waals surface area contributed by atoms with Crippen LogP contribution in [0, 0.1) is 18.6 Å². The number of aryl methyl sites for hydroxylation is 2. The molecule has 0 bridgehead atoms. The third-order valence-corrected chi connectivity index (χ3v) is 2.90. The SMILES string of the molecule is Cc1cc(C)nc(SCc2nc(=S)[nH][nH]2)n1. The molecule has 7 heteroatoms. The molecule has 0 radical (unpaired) electrons. The number of hydrogen-bond donors (Lipinski definition) is 2. The second kappa shape index (κ2) is 4.75. The molecule has 0 spiro atoms. The summed E-state index contributed by atoms with van der Waals surface area (Å²) in [5.41, 5.74) is 1.95. The molecule has 0 aliphatic carbocycles. The van der Waals surface area contributed by atoms with Crippen LogP contribution in [0.25, 0.3) is 0 Å². The number of nitrogens with one attached hydrogen (secondary N) is 2. The van der Waals surface area contributed by atoms with Crippen molar-refractivity contribution in [1.29, 1.82) is 0 Å². The van der Waals surface area contributed by atoms with Crippen LogP contribution in [0.2, 0.25) is 0 Å². The van der Waals surface area contributed by atoms with Crippen molar-refractivity contribution in [1.82, 2.24) is 25.1 Å². The highest BCUT2D eigenvalue weighted by Gasteiger charge is 2.03. The monoisotopic (exact) mass is 253 g/mol. The van der Waals surface area contributed by atoms with E-state index in [1.165, 1.54) is 11.8 Å². The maximum absolute atomic E-state index is 4.87. The number of hydrogen-bond acceptors (Lipinski definition) is 5. The molecule has 0 saturated carbocycles. The summed E-state index contributed by atoms with van der Waals surface area (Å²) in [5, 5.41) is 6.40. The average Bonchev–Trinajstić information content (AvgIpc) is 2.60.